The quantitative estimate of drug-likeness (QED) is 0.840. The number of rotatable bonds is 2. The molecule has 17 heavy (non-hydrogen) atoms. The highest BCUT2D eigenvalue weighted by Crippen LogP contribution is 2.25. The summed E-state index contributed by atoms with van der Waals surface area (Å²) in [5, 5.41) is 3.47. The number of nitrogens with one attached hydrogen (secondary N) is 1. The van der Waals surface area contributed by atoms with Gasteiger partial charge in [-0.25, -0.2) is 0 Å². The topological polar surface area (TPSA) is 15.3 Å². The van der Waals surface area contributed by atoms with Gasteiger partial charge in [0, 0.05) is 25.3 Å². The molecule has 1 atom stereocenters. The van der Waals surface area contributed by atoms with Crippen molar-refractivity contribution < 1.29 is 0 Å². The van der Waals surface area contributed by atoms with Crippen LogP contribution in [0, 0.1) is 5.92 Å². The maximum absolute atomic E-state index is 3.47. The van der Waals surface area contributed by atoms with Crippen LogP contribution in [0.4, 0.5) is 5.69 Å². The minimum Gasteiger partial charge on any atom is -0.384 e. The molecule has 3 rings (SSSR count). The van der Waals surface area contributed by atoms with Crippen LogP contribution in [0.1, 0.15) is 30.9 Å². The number of likely N-dealkylation sites (tertiary alicyclic amines) is 1. The lowest BCUT2D eigenvalue weighted by Gasteiger charge is -2.30. The lowest BCUT2D eigenvalue weighted by molar-refractivity contribution is 0.176. The van der Waals surface area contributed by atoms with Crippen molar-refractivity contribution in [2.24, 2.45) is 5.92 Å². The molecule has 2 heterocycles. The van der Waals surface area contributed by atoms with Crippen LogP contribution in [0.15, 0.2) is 18.2 Å². The molecule has 2 aliphatic heterocycles. The number of anilines is 1. The number of hydrogen-bond acceptors (Lipinski definition) is 2. The SMILES string of the molecule is CC1CCCN(Cc2ccc3c(c2)NCC3)C1. The maximum atomic E-state index is 3.47. The van der Waals surface area contributed by atoms with Gasteiger partial charge in [-0.05, 0) is 48.9 Å². The van der Waals surface area contributed by atoms with E-state index in [9.17, 15) is 0 Å². The Morgan fingerprint density at radius 3 is 3.24 bits per heavy atom. The van der Waals surface area contributed by atoms with Gasteiger partial charge < -0.3 is 5.32 Å². The molecule has 0 aliphatic carbocycles. The predicted molar refractivity (Wildman–Crippen MR) is 72.3 cm³/mol. The lowest BCUT2D eigenvalue weighted by atomic mass is 9.99. The van der Waals surface area contributed by atoms with E-state index in [-0.39, 0.29) is 0 Å². The van der Waals surface area contributed by atoms with E-state index < -0.39 is 0 Å². The molecule has 0 amide bonds. The van der Waals surface area contributed by atoms with E-state index in [1.165, 1.54) is 49.2 Å². The second-order valence-corrected chi connectivity index (χ2v) is 5.65. The van der Waals surface area contributed by atoms with Gasteiger partial charge in [-0.2, -0.15) is 0 Å². The predicted octanol–water partition coefficient (Wildman–Crippen LogP) is 2.89. The highest BCUT2D eigenvalue weighted by atomic mass is 15.1. The normalized spacial score (nSPS) is 24.4. The zero-order chi connectivity index (χ0) is 11.7. The Bertz CT molecular complexity index is 400. The molecule has 2 nitrogen and oxygen atoms in total. The van der Waals surface area contributed by atoms with Crippen molar-refractivity contribution in [3.05, 3.63) is 29.3 Å². The van der Waals surface area contributed by atoms with Crippen LogP contribution in [0.3, 0.4) is 0 Å². The molecule has 0 saturated carbocycles. The highest BCUT2D eigenvalue weighted by Gasteiger charge is 2.17. The first-order valence-electron chi connectivity index (χ1n) is 6.89. The van der Waals surface area contributed by atoms with Crippen molar-refractivity contribution in [1.82, 2.24) is 4.90 Å². The molecule has 0 radical (unpaired) electrons. The first-order chi connectivity index (χ1) is 8.31. The summed E-state index contributed by atoms with van der Waals surface area (Å²) in [4.78, 5) is 2.60. The highest BCUT2D eigenvalue weighted by molar-refractivity contribution is 5.56. The number of benzene rings is 1. The summed E-state index contributed by atoms with van der Waals surface area (Å²) in [6.07, 6.45) is 3.96. The van der Waals surface area contributed by atoms with Crippen molar-refractivity contribution in [1.29, 1.82) is 0 Å². The number of piperidine rings is 1. The molecule has 2 heteroatoms. The zero-order valence-electron chi connectivity index (χ0n) is 10.7. The molecule has 1 aromatic carbocycles. The number of fused-ring (bicyclic) bond motifs is 1. The Morgan fingerprint density at radius 2 is 2.35 bits per heavy atom. The van der Waals surface area contributed by atoms with Gasteiger partial charge in [-0.15, -0.1) is 0 Å². The van der Waals surface area contributed by atoms with Crippen molar-refractivity contribution in [3.8, 4) is 0 Å². The second kappa shape index (κ2) is 4.69. The Kier molecular flexibility index (Phi) is 3.06. The van der Waals surface area contributed by atoms with Crippen molar-refractivity contribution in [3.63, 3.8) is 0 Å². The van der Waals surface area contributed by atoms with E-state index in [1.54, 1.807) is 0 Å². The zero-order valence-corrected chi connectivity index (χ0v) is 10.7. The summed E-state index contributed by atoms with van der Waals surface area (Å²) in [5.74, 6) is 0.872. The molecular weight excluding hydrogens is 208 g/mol. The molecule has 0 bridgehead atoms. The minimum atomic E-state index is 0.872. The minimum absolute atomic E-state index is 0.872. The summed E-state index contributed by atoms with van der Waals surface area (Å²) in [6, 6.07) is 6.96. The summed E-state index contributed by atoms with van der Waals surface area (Å²) < 4.78 is 0. The first-order valence-corrected chi connectivity index (χ1v) is 6.89. The maximum Gasteiger partial charge on any atom is 0.0376 e. The van der Waals surface area contributed by atoms with Crippen LogP contribution >= 0.6 is 0 Å². The fourth-order valence-electron chi connectivity index (χ4n) is 3.12. The van der Waals surface area contributed by atoms with Crippen LogP contribution in [0.2, 0.25) is 0 Å². The molecule has 1 aromatic rings. The van der Waals surface area contributed by atoms with E-state index >= 15 is 0 Å². The fourth-order valence-corrected chi connectivity index (χ4v) is 3.12. The van der Waals surface area contributed by atoms with Crippen molar-refractivity contribution in [2.75, 3.05) is 25.0 Å². The summed E-state index contributed by atoms with van der Waals surface area (Å²) in [5.41, 5.74) is 4.32. The molecular formula is C15H22N2. The van der Waals surface area contributed by atoms with Gasteiger partial charge in [0.05, 0.1) is 0 Å². The molecule has 1 unspecified atom stereocenters. The molecule has 2 aliphatic rings. The Hall–Kier alpha value is -1.02. The van der Waals surface area contributed by atoms with Gasteiger partial charge in [-0.3, -0.25) is 4.90 Å². The van der Waals surface area contributed by atoms with E-state index in [1.807, 2.05) is 0 Å². The third-order valence-corrected chi connectivity index (χ3v) is 4.03. The second-order valence-electron chi connectivity index (χ2n) is 5.65. The Morgan fingerprint density at radius 1 is 1.41 bits per heavy atom. The van der Waals surface area contributed by atoms with E-state index in [2.05, 4.69) is 35.3 Å². The van der Waals surface area contributed by atoms with E-state index in [0.29, 0.717) is 0 Å². The standard InChI is InChI=1S/C15H22N2/c1-12-3-2-8-17(10-12)11-13-4-5-14-6-7-16-15(14)9-13/h4-5,9,12,16H,2-3,6-8,10-11H2,1H3. The van der Waals surface area contributed by atoms with E-state index in [4.69, 9.17) is 0 Å². The fraction of sp³-hybridized carbons (Fsp3) is 0.600. The van der Waals surface area contributed by atoms with Gasteiger partial charge >= 0.3 is 0 Å². The molecule has 1 fully saturated rings. The van der Waals surface area contributed by atoms with Crippen LogP contribution in [-0.2, 0) is 13.0 Å². The van der Waals surface area contributed by atoms with Gasteiger partial charge in [-0.1, -0.05) is 19.1 Å². The van der Waals surface area contributed by atoms with Crippen molar-refractivity contribution in [2.45, 2.75) is 32.7 Å². The smallest absolute Gasteiger partial charge is 0.0376 e. The third-order valence-electron chi connectivity index (χ3n) is 4.03. The molecule has 0 aromatic heterocycles. The Balaban J connectivity index is 1.68. The largest absolute Gasteiger partial charge is 0.384 e. The average molecular weight is 230 g/mol. The molecule has 1 N–H and O–H groups in total. The van der Waals surface area contributed by atoms with Crippen LogP contribution in [-0.4, -0.2) is 24.5 Å². The summed E-state index contributed by atoms with van der Waals surface area (Å²) in [7, 11) is 0. The van der Waals surface area contributed by atoms with E-state index in [0.717, 1.165) is 19.0 Å². The first kappa shape index (κ1) is 11.1. The lowest BCUT2D eigenvalue weighted by Crippen LogP contribution is -2.33. The summed E-state index contributed by atoms with van der Waals surface area (Å²) >= 11 is 0. The number of hydrogen-bond donors (Lipinski definition) is 1. The van der Waals surface area contributed by atoms with Crippen LogP contribution in [0.25, 0.3) is 0 Å². The van der Waals surface area contributed by atoms with Gasteiger partial charge in [0.2, 0.25) is 0 Å². The van der Waals surface area contributed by atoms with Gasteiger partial charge in [0.1, 0.15) is 0 Å². The summed E-state index contributed by atoms with van der Waals surface area (Å²) in [6.45, 7) is 7.15. The van der Waals surface area contributed by atoms with Crippen molar-refractivity contribution >= 4 is 5.69 Å². The Labute approximate surface area is 104 Å². The van der Waals surface area contributed by atoms with Crippen LogP contribution in [0.5, 0.6) is 0 Å². The van der Waals surface area contributed by atoms with Gasteiger partial charge in [0.15, 0.2) is 0 Å². The average Bonchev–Trinajstić information content (AvgIpc) is 2.76. The monoisotopic (exact) mass is 230 g/mol. The third kappa shape index (κ3) is 2.47. The number of nitrogens with zero attached hydrogens (tertiary/aromatic N) is 1. The molecule has 1 saturated heterocycles. The molecule has 0 spiro atoms. The van der Waals surface area contributed by atoms with Crippen LogP contribution < -0.4 is 5.32 Å². The van der Waals surface area contributed by atoms with Gasteiger partial charge in [0.25, 0.3) is 0 Å². The molecule has 92 valence electrons.